The van der Waals surface area contributed by atoms with Crippen LogP contribution in [0.15, 0.2) is 353 Å². The summed E-state index contributed by atoms with van der Waals surface area (Å²) in [5, 5.41) is 4.50. The molecule has 0 N–H and O–H groups in total. The van der Waals surface area contributed by atoms with Crippen LogP contribution in [-0.2, 0) is 0 Å². The van der Waals surface area contributed by atoms with Gasteiger partial charge in [-0.1, -0.05) is 254 Å². The predicted octanol–water partition coefficient (Wildman–Crippen LogP) is 29.1. The number of para-hydroxylation sites is 1. The number of rotatable bonds is 20. The predicted molar refractivity (Wildman–Crippen MR) is 535 cm³/mol. The molecule has 0 bridgehead atoms. The van der Waals surface area contributed by atoms with Crippen LogP contribution in [0.5, 0.6) is 0 Å². The molecule has 0 aliphatic rings. The van der Waals surface area contributed by atoms with Crippen LogP contribution in [0.3, 0.4) is 0 Å². The van der Waals surface area contributed by atoms with Crippen molar-refractivity contribution < 1.29 is 56.0 Å². The minimum atomic E-state index is -0.363. The molecule has 20 heteroatoms. The summed E-state index contributed by atoms with van der Waals surface area (Å²) in [4.78, 5) is 104. The summed E-state index contributed by atoms with van der Waals surface area (Å²) in [7, 11) is 0. The maximum Gasteiger partial charge on any atom is 0.193 e. The first kappa shape index (κ1) is 103. The fraction of sp³-hybridized carbons (Fsp3) is 0.254. The number of furan rings is 4. The van der Waals surface area contributed by atoms with Crippen molar-refractivity contribution in [1.29, 1.82) is 0 Å². The molecule has 16 rings (SSSR count). The van der Waals surface area contributed by atoms with Gasteiger partial charge < -0.3 is 31.4 Å². The van der Waals surface area contributed by atoms with Crippen LogP contribution in [-0.4, -0.2) is 79.7 Å². The summed E-state index contributed by atoms with van der Waals surface area (Å²) in [5.74, 6) is 5.11. The maximum atomic E-state index is 12.2. The Balaban J connectivity index is 0.000000172. The lowest BCUT2D eigenvalue weighted by Gasteiger charge is -2.17. The first-order valence-electron chi connectivity index (χ1n) is 44.6. The van der Waals surface area contributed by atoms with Crippen molar-refractivity contribution in [2.45, 2.75) is 145 Å². The lowest BCUT2D eigenvalue weighted by molar-refractivity contribution is 0.0852. The number of carbonyl (C=O) groups excluding carboxylic acids is 8. The summed E-state index contributed by atoms with van der Waals surface area (Å²) in [6, 6.07) is 81.1. The average molecular weight is 1820 g/mol. The summed E-state index contributed by atoms with van der Waals surface area (Å²) in [6.07, 6.45) is 21.4. The van der Waals surface area contributed by atoms with Gasteiger partial charge in [0.05, 0.1) is 36.6 Å². The fourth-order valence-electron chi connectivity index (χ4n) is 13.4. The fourth-order valence-corrected chi connectivity index (χ4v) is 13.5. The normalized spacial score (nSPS) is 11.1. The summed E-state index contributed by atoms with van der Waals surface area (Å²) < 4.78 is 29.1. The Labute approximate surface area is 792 Å². The number of carbonyl (C=O) groups is 8. The van der Waals surface area contributed by atoms with Crippen molar-refractivity contribution in [3.8, 4) is 68.0 Å². The number of benzene rings is 8. The van der Waals surface area contributed by atoms with E-state index in [1.807, 2.05) is 439 Å². The van der Waals surface area contributed by atoms with Gasteiger partial charge in [0.15, 0.2) is 51.5 Å². The van der Waals surface area contributed by atoms with E-state index in [1.54, 1.807) is 60.6 Å². The Bertz CT molecular complexity index is 6280. The number of hydrogen-bond donors (Lipinski definition) is 0. The highest BCUT2D eigenvalue weighted by Gasteiger charge is 2.28. The molecule has 0 spiro atoms. The summed E-state index contributed by atoms with van der Waals surface area (Å²) in [6.45, 7) is 40.3. The van der Waals surface area contributed by atoms with Crippen molar-refractivity contribution in [1.82, 2.24) is 33.4 Å². The minimum Gasteiger partial charge on any atom is -0.464 e. The van der Waals surface area contributed by atoms with E-state index in [-0.39, 0.29) is 91.6 Å². The maximum absolute atomic E-state index is 12.2. The highest BCUT2D eigenvalue weighted by molar-refractivity contribution is 6.29. The molecule has 19 nitrogen and oxygen atoms in total. The Kier molecular flexibility index (Phi) is 36.6. The standard InChI is InChI=1S/C16H18O2.C15H17NO.C15H16O2.C14H13ClO2.C14H16N2O.C14H14O2.2C13H14N2O/c1-11-8-9-14(18-11)12-6-5-7-13(10-12)15(17)16(2,3)4;1-15(2,3)14(17)12-6-8-13(9-7-12)16-10-4-5-11-16;1-15(2,3)14(16)12-7-4-6-11(10-12)13-8-5-9-17-13;1-9(2)14(16)11-5-3-4-10(8-11)12-6-7-13(15)17-12;1-14(2,3)13(17)11-6-4-7-12(10-11)16-9-5-8-15-16;1-10(2)14(15)12-7-4-3-6-11(12)13-8-5-9-16-13;1-10(2)13(16)11-4-3-5-12(8-11)15-7-6-14-9-15;1-10(2)13(16)11-5-3-4-6-12(11)15-8-7-14-9-15/h5-10H,1-4H3;4-11H,1-3H3;4-10H,1-3H3;3-9H,1-2H3;4-10H,1-3H3;3*3-10H,1-2H3. The van der Waals surface area contributed by atoms with Gasteiger partial charge in [0.2, 0.25) is 0 Å². The number of ketones is 8. The topological polar surface area (TPSA) is 248 Å². The van der Waals surface area contributed by atoms with Crippen LogP contribution in [0.2, 0.25) is 5.22 Å². The molecular formula is C114H122ClN7O12. The lowest BCUT2D eigenvalue weighted by atomic mass is 9.86. The third-order valence-electron chi connectivity index (χ3n) is 20.7. The molecule has 0 unspecified atom stereocenters. The lowest BCUT2D eigenvalue weighted by Crippen LogP contribution is -2.20. The molecule has 692 valence electrons. The highest BCUT2D eigenvalue weighted by Crippen LogP contribution is 2.33. The van der Waals surface area contributed by atoms with Gasteiger partial charge >= 0.3 is 0 Å². The highest BCUT2D eigenvalue weighted by atomic mass is 35.5. The number of hydrogen-bond acceptors (Lipinski definition) is 15. The first-order valence-corrected chi connectivity index (χ1v) is 45.0. The van der Waals surface area contributed by atoms with Gasteiger partial charge in [-0.15, -0.1) is 0 Å². The molecule has 0 saturated carbocycles. The molecule has 134 heavy (non-hydrogen) atoms. The molecule has 0 aliphatic carbocycles. The zero-order chi connectivity index (χ0) is 97.8. The third kappa shape index (κ3) is 29.7. The van der Waals surface area contributed by atoms with E-state index >= 15 is 0 Å². The Morgan fingerprint density at radius 2 is 0.731 bits per heavy atom. The van der Waals surface area contributed by atoms with Gasteiger partial charge in [0.1, 0.15) is 28.8 Å². The van der Waals surface area contributed by atoms with Crippen molar-refractivity contribution in [3.05, 3.63) is 391 Å². The molecule has 16 aromatic rings. The minimum absolute atomic E-state index is 0.00360. The van der Waals surface area contributed by atoms with Gasteiger partial charge in [-0.05, 0) is 164 Å². The Morgan fingerprint density at radius 1 is 0.313 bits per heavy atom. The molecule has 0 aliphatic heterocycles. The second kappa shape index (κ2) is 47.5. The molecule has 8 aromatic carbocycles. The van der Waals surface area contributed by atoms with Gasteiger partial charge in [0.25, 0.3) is 0 Å². The first-order chi connectivity index (χ1) is 63.5. The van der Waals surface area contributed by atoms with Crippen LogP contribution < -0.4 is 0 Å². The zero-order valence-electron chi connectivity index (χ0n) is 80.5. The molecule has 0 amide bonds. The SMILES string of the molecule is CC(C)(C)C(=O)c1ccc(-n2cccc2)cc1.CC(C)(C)C(=O)c1cccc(-c2ccco2)c1.CC(C)(C)C(=O)c1cccc(-n2cccn2)c1.CC(C)C(=O)c1cccc(-c2ccc(Cl)o2)c1.CC(C)C(=O)c1cccc(-n2ccnc2)c1.CC(C)C(=O)c1ccccc1-c1ccco1.CC(C)C(=O)c1ccccc1-n1ccnc1.Cc1ccc(-c2cccc(C(=O)C(C)(C)C)c2)o1. The van der Waals surface area contributed by atoms with Crippen LogP contribution in [0.1, 0.15) is 227 Å². The van der Waals surface area contributed by atoms with E-state index in [0.29, 0.717) is 16.5 Å². The quantitative estimate of drug-likeness (QED) is 0.0644. The van der Waals surface area contributed by atoms with Crippen LogP contribution in [0.25, 0.3) is 68.0 Å². The van der Waals surface area contributed by atoms with E-state index in [9.17, 15) is 38.4 Å². The monoisotopic (exact) mass is 1820 g/mol. The van der Waals surface area contributed by atoms with E-state index in [2.05, 4.69) is 15.1 Å². The van der Waals surface area contributed by atoms with Crippen molar-refractivity contribution in [2.24, 2.45) is 45.3 Å². The van der Waals surface area contributed by atoms with Crippen LogP contribution in [0, 0.1) is 52.3 Å². The third-order valence-corrected chi connectivity index (χ3v) is 20.9. The van der Waals surface area contributed by atoms with E-state index < -0.39 is 0 Å². The number of aromatic nitrogens is 7. The molecule has 0 radical (unpaired) electrons. The van der Waals surface area contributed by atoms with Gasteiger partial charge in [-0.25, -0.2) is 14.6 Å². The number of nitrogens with zero attached hydrogens (tertiary/aromatic N) is 7. The number of imidazole rings is 2. The van der Waals surface area contributed by atoms with Crippen molar-refractivity contribution in [2.75, 3.05) is 0 Å². The largest absolute Gasteiger partial charge is 0.464 e. The molecule has 8 heterocycles. The van der Waals surface area contributed by atoms with Crippen LogP contribution in [0.4, 0.5) is 0 Å². The molecular weight excluding hydrogens is 1690 g/mol. The van der Waals surface area contributed by atoms with Gasteiger partial charge in [-0.3, -0.25) is 38.4 Å². The Hall–Kier alpha value is -14.6. The molecule has 8 aromatic heterocycles. The average Bonchev–Trinajstić information content (AvgIpc) is 1.47. The number of Topliss-reactive ketones (excluding diaryl/α,β-unsaturated/α-hetero) is 8. The molecule has 0 fully saturated rings. The van der Waals surface area contributed by atoms with Crippen molar-refractivity contribution in [3.63, 3.8) is 0 Å². The zero-order valence-corrected chi connectivity index (χ0v) is 81.2. The van der Waals surface area contributed by atoms with E-state index in [4.69, 9.17) is 29.3 Å². The van der Waals surface area contributed by atoms with E-state index in [1.165, 1.54) is 0 Å². The van der Waals surface area contributed by atoms with E-state index in [0.717, 1.165) is 107 Å². The second-order valence-electron chi connectivity index (χ2n) is 37.3. The molecule has 0 atom stereocenters. The summed E-state index contributed by atoms with van der Waals surface area (Å²) in [5.41, 5.74) is 11.9. The smallest absolute Gasteiger partial charge is 0.193 e. The number of halogens is 1. The van der Waals surface area contributed by atoms with Crippen molar-refractivity contribution >= 4 is 57.9 Å². The van der Waals surface area contributed by atoms with Gasteiger partial charge in [0, 0.05) is 173 Å². The van der Waals surface area contributed by atoms with Crippen LogP contribution >= 0.6 is 11.6 Å². The number of aryl methyl sites for hydroxylation is 1. The summed E-state index contributed by atoms with van der Waals surface area (Å²) >= 11 is 5.73. The molecule has 0 saturated heterocycles. The Morgan fingerprint density at radius 3 is 1.19 bits per heavy atom. The van der Waals surface area contributed by atoms with Gasteiger partial charge in [-0.2, -0.15) is 5.10 Å². The second-order valence-corrected chi connectivity index (χ2v) is 37.7.